The summed E-state index contributed by atoms with van der Waals surface area (Å²) in [5.74, 6) is 2.37. The molecular formula is C22H25N5OS. The van der Waals surface area contributed by atoms with Crippen molar-refractivity contribution in [2.45, 2.75) is 43.7 Å². The second-order valence-corrected chi connectivity index (χ2v) is 8.95. The van der Waals surface area contributed by atoms with Crippen LogP contribution in [0.1, 0.15) is 37.9 Å². The molecule has 0 unspecified atom stereocenters. The predicted molar refractivity (Wildman–Crippen MR) is 115 cm³/mol. The molecule has 0 atom stereocenters. The SMILES string of the molecule is Cn1c(COc2ccc(C(C)(C)C)cc2)nnc1SCc1cn2ccccc2n1. The minimum Gasteiger partial charge on any atom is -0.486 e. The van der Waals surface area contributed by atoms with Gasteiger partial charge in [-0.2, -0.15) is 0 Å². The van der Waals surface area contributed by atoms with Gasteiger partial charge in [0, 0.05) is 25.2 Å². The Morgan fingerprint density at radius 3 is 2.55 bits per heavy atom. The second-order valence-electron chi connectivity index (χ2n) is 8.01. The first kappa shape index (κ1) is 19.5. The van der Waals surface area contributed by atoms with Crippen LogP contribution in [0.5, 0.6) is 5.75 Å². The quantitative estimate of drug-likeness (QED) is 0.436. The van der Waals surface area contributed by atoms with Crippen LogP contribution in [0.4, 0.5) is 0 Å². The Morgan fingerprint density at radius 1 is 1.03 bits per heavy atom. The van der Waals surface area contributed by atoms with Crippen LogP contribution in [0, 0.1) is 0 Å². The van der Waals surface area contributed by atoms with Gasteiger partial charge in [-0.1, -0.05) is 50.7 Å². The lowest BCUT2D eigenvalue weighted by molar-refractivity contribution is 0.290. The molecule has 0 saturated carbocycles. The number of rotatable bonds is 6. The molecule has 0 bridgehead atoms. The molecule has 3 aromatic heterocycles. The van der Waals surface area contributed by atoms with Crippen molar-refractivity contribution in [3.8, 4) is 5.75 Å². The second kappa shape index (κ2) is 7.91. The molecule has 0 N–H and O–H groups in total. The molecule has 0 fully saturated rings. The van der Waals surface area contributed by atoms with E-state index >= 15 is 0 Å². The number of pyridine rings is 1. The van der Waals surface area contributed by atoms with Crippen molar-refractivity contribution in [2.24, 2.45) is 7.05 Å². The van der Waals surface area contributed by atoms with Crippen molar-refractivity contribution >= 4 is 17.4 Å². The summed E-state index contributed by atoms with van der Waals surface area (Å²) in [7, 11) is 1.97. The molecule has 150 valence electrons. The number of benzene rings is 1. The van der Waals surface area contributed by atoms with E-state index in [2.05, 4.69) is 48.1 Å². The maximum Gasteiger partial charge on any atom is 0.191 e. The van der Waals surface area contributed by atoms with Gasteiger partial charge in [-0.15, -0.1) is 10.2 Å². The van der Waals surface area contributed by atoms with Crippen LogP contribution < -0.4 is 4.74 Å². The van der Waals surface area contributed by atoms with E-state index in [0.717, 1.165) is 33.8 Å². The summed E-state index contributed by atoms with van der Waals surface area (Å²) in [5.41, 5.74) is 3.39. The summed E-state index contributed by atoms with van der Waals surface area (Å²) in [6, 6.07) is 14.2. The fraction of sp³-hybridized carbons (Fsp3) is 0.318. The van der Waals surface area contributed by atoms with Crippen molar-refractivity contribution in [3.05, 3.63) is 71.9 Å². The number of aromatic nitrogens is 5. The number of hydrogen-bond donors (Lipinski definition) is 0. The Morgan fingerprint density at radius 2 is 1.83 bits per heavy atom. The standard InChI is InChI=1S/C22H25N5OS/c1-22(2,3)16-8-10-18(11-9-16)28-14-20-24-25-21(26(20)4)29-15-17-13-27-12-6-5-7-19(27)23-17/h5-13H,14-15H2,1-4H3. The first-order chi connectivity index (χ1) is 13.9. The Hall–Kier alpha value is -2.80. The molecule has 0 amide bonds. The normalized spacial score (nSPS) is 11.9. The fourth-order valence-corrected chi connectivity index (χ4v) is 3.80. The third-order valence-electron chi connectivity index (χ3n) is 4.78. The highest BCUT2D eigenvalue weighted by Crippen LogP contribution is 2.25. The Kier molecular flexibility index (Phi) is 5.32. The molecule has 7 heteroatoms. The van der Waals surface area contributed by atoms with E-state index in [0.29, 0.717) is 6.61 Å². The highest BCUT2D eigenvalue weighted by Gasteiger charge is 2.14. The molecule has 0 aliphatic rings. The van der Waals surface area contributed by atoms with Crippen molar-refractivity contribution in [3.63, 3.8) is 0 Å². The van der Waals surface area contributed by atoms with Gasteiger partial charge in [0.1, 0.15) is 18.0 Å². The molecule has 3 heterocycles. The van der Waals surface area contributed by atoms with Gasteiger partial charge in [0.25, 0.3) is 0 Å². The van der Waals surface area contributed by atoms with Crippen LogP contribution in [0.15, 0.2) is 60.0 Å². The summed E-state index contributed by atoms with van der Waals surface area (Å²) in [6.45, 7) is 6.99. The molecule has 0 aliphatic carbocycles. The van der Waals surface area contributed by atoms with E-state index in [-0.39, 0.29) is 5.41 Å². The molecule has 0 aliphatic heterocycles. The van der Waals surface area contributed by atoms with Crippen LogP contribution in [0.25, 0.3) is 5.65 Å². The summed E-state index contributed by atoms with van der Waals surface area (Å²) in [5, 5.41) is 9.44. The summed E-state index contributed by atoms with van der Waals surface area (Å²) >= 11 is 1.62. The van der Waals surface area contributed by atoms with Gasteiger partial charge < -0.3 is 13.7 Å². The van der Waals surface area contributed by atoms with Crippen LogP contribution in [-0.4, -0.2) is 24.1 Å². The third kappa shape index (κ3) is 4.45. The highest BCUT2D eigenvalue weighted by atomic mass is 32.2. The zero-order valence-electron chi connectivity index (χ0n) is 17.2. The molecule has 0 spiro atoms. The molecule has 0 radical (unpaired) electrons. The van der Waals surface area contributed by atoms with Crippen molar-refractivity contribution in [1.29, 1.82) is 0 Å². The third-order valence-corrected chi connectivity index (χ3v) is 5.83. The monoisotopic (exact) mass is 407 g/mol. The van der Waals surface area contributed by atoms with Gasteiger partial charge in [0.2, 0.25) is 0 Å². The van der Waals surface area contributed by atoms with Crippen molar-refractivity contribution in [2.75, 3.05) is 0 Å². The van der Waals surface area contributed by atoms with E-state index in [9.17, 15) is 0 Å². The lowest BCUT2D eigenvalue weighted by atomic mass is 9.87. The average Bonchev–Trinajstić information content (AvgIpc) is 3.27. The van der Waals surface area contributed by atoms with Gasteiger partial charge in [-0.3, -0.25) is 0 Å². The molecular weight excluding hydrogens is 382 g/mol. The smallest absolute Gasteiger partial charge is 0.191 e. The maximum atomic E-state index is 5.91. The molecule has 6 nitrogen and oxygen atoms in total. The number of hydrogen-bond acceptors (Lipinski definition) is 5. The van der Waals surface area contributed by atoms with E-state index in [1.165, 1.54) is 5.56 Å². The minimum atomic E-state index is 0.134. The van der Waals surface area contributed by atoms with Gasteiger partial charge in [-0.25, -0.2) is 4.98 Å². The van der Waals surface area contributed by atoms with Crippen LogP contribution in [-0.2, 0) is 24.8 Å². The zero-order valence-corrected chi connectivity index (χ0v) is 18.0. The first-order valence-corrected chi connectivity index (χ1v) is 10.6. The Labute approximate surface area is 175 Å². The van der Waals surface area contributed by atoms with E-state index in [1.807, 2.05) is 58.7 Å². The minimum absolute atomic E-state index is 0.134. The van der Waals surface area contributed by atoms with E-state index in [1.54, 1.807) is 11.8 Å². The fourth-order valence-electron chi connectivity index (χ4n) is 2.99. The lowest BCUT2D eigenvalue weighted by Gasteiger charge is -2.19. The molecule has 1 aromatic carbocycles. The number of imidazole rings is 1. The number of nitrogens with zero attached hydrogens (tertiary/aromatic N) is 5. The van der Waals surface area contributed by atoms with E-state index in [4.69, 9.17) is 4.74 Å². The first-order valence-electron chi connectivity index (χ1n) is 9.57. The number of thioether (sulfide) groups is 1. The highest BCUT2D eigenvalue weighted by molar-refractivity contribution is 7.98. The van der Waals surface area contributed by atoms with Gasteiger partial charge in [0.05, 0.1) is 5.69 Å². The topological polar surface area (TPSA) is 57.2 Å². The molecule has 29 heavy (non-hydrogen) atoms. The Bertz CT molecular complexity index is 1080. The zero-order chi connectivity index (χ0) is 20.4. The summed E-state index contributed by atoms with van der Waals surface area (Å²) in [4.78, 5) is 4.62. The van der Waals surface area contributed by atoms with Crippen molar-refractivity contribution < 1.29 is 4.74 Å². The van der Waals surface area contributed by atoms with Gasteiger partial charge in [0.15, 0.2) is 11.0 Å². The largest absolute Gasteiger partial charge is 0.486 e. The van der Waals surface area contributed by atoms with Crippen molar-refractivity contribution in [1.82, 2.24) is 24.1 Å². The molecule has 4 aromatic rings. The Balaban J connectivity index is 1.36. The molecule has 4 rings (SSSR count). The summed E-state index contributed by atoms with van der Waals surface area (Å²) < 4.78 is 9.91. The lowest BCUT2D eigenvalue weighted by Crippen LogP contribution is -2.10. The van der Waals surface area contributed by atoms with Gasteiger partial charge >= 0.3 is 0 Å². The van der Waals surface area contributed by atoms with Crippen LogP contribution in [0.3, 0.4) is 0 Å². The average molecular weight is 408 g/mol. The maximum absolute atomic E-state index is 5.91. The van der Waals surface area contributed by atoms with Crippen LogP contribution >= 0.6 is 11.8 Å². The predicted octanol–water partition coefficient (Wildman–Crippen LogP) is 4.63. The number of fused-ring (bicyclic) bond motifs is 1. The summed E-state index contributed by atoms with van der Waals surface area (Å²) in [6.07, 6.45) is 4.05. The van der Waals surface area contributed by atoms with Crippen LogP contribution in [0.2, 0.25) is 0 Å². The molecule has 0 saturated heterocycles. The van der Waals surface area contributed by atoms with Gasteiger partial charge in [-0.05, 0) is 35.2 Å². The van der Waals surface area contributed by atoms with E-state index < -0.39 is 0 Å². The number of ether oxygens (including phenoxy) is 1.